The average Bonchev–Trinajstić information content (AvgIpc) is 3.11. The van der Waals surface area contributed by atoms with Crippen LogP contribution in [0.15, 0.2) is 0 Å². The maximum absolute atomic E-state index is 9.76. The molecule has 1 aliphatic heterocycles. The molecule has 1 heterocycles. The van der Waals surface area contributed by atoms with Crippen LogP contribution >= 0.6 is 0 Å². The maximum atomic E-state index is 9.76. The predicted octanol–water partition coefficient (Wildman–Crippen LogP) is 1.47. The van der Waals surface area contributed by atoms with E-state index in [0.717, 1.165) is 12.5 Å². The molecular weight excluding hydrogens is 212 g/mol. The highest BCUT2D eigenvalue weighted by atomic mass is 16.3. The molecule has 17 heavy (non-hydrogen) atoms. The Morgan fingerprint density at radius 1 is 1.18 bits per heavy atom. The van der Waals surface area contributed by atoms with E-state index in [-0.39, 0.29) is 6.10 Å². The van der Waals surface area contributed by atoms with Gasteiger partial charge >= 0.3 is 0 Å². The molecule has 1 aliphatic carbocycles. The highest BCUT2D eigenvalue weighted by Gasteiger charge is 2.27. The van der Waals surface area contributed by atoms with Gasteiger partial charge in [-0.3, -0.25) is 0 Å². The second-order valence-electron chi connectivity index (χ2n) is 6.24. The first-order valence-corrected chi connectivity index (χ1v) is 7.29. The molecule has 1 saturated heterocycles. The van der Waals surface area contributed by atoms with E-state index in [9.17, 15) is 5.11 Å². The van der Waals surface area contributed by atoms with Gasteiger partial charge in [0.25, 0.3) is 0 Å². The zero-order valence-corrected chi connectivity index (χ0v) is 11.4. The number of nitrogens with one attached hydrogen (secondary N) is 1. The third kappa shape index (κ3) is 4.57. The van der Waals surface area contributed by atoms with Gasteiger partial charge in [-0.15, -0.1) is 0 Å². The van der Waals surface area contributed by atoms with Crippen molar-refractivity contribution in [2.45, 2.75) is 51.7 Å². The molecule has 100 valence electrons. The molecule has 1 atom stereocenters. The molecule has 1 saturated carbocycles. The Kier molecular flexibility index (Phi) is 4.83. The third-order valence-electron chi connectivity index (χ3n) is 4.19. The summed E-state index contributed by atoms with van der Waals surface area (Å²) in [5.41, 5.74) is 0. The standard InChI is InChI=1S/C14H28N2O/c1-11(2)14(17)9-15-13-5-7-16(8-6-13)10-12-3-4-12/h11-15,17H,3-10H2,1-2H3. The summed E-state index contributed by atoms with van der Waals surface area (Å²) < 4.78 is 0. The van der Waals surface area contributed by atoms with Gasteiger partial charge in [0.1, 0.15) is 0 Å². The van der Waals surface area contributed by atoms with Crippen LogP contribution in [0.1, 0.15) is 39.5 Å². The highest BCUT2D eigenvalue weighted by molar-refractivity contribution is 4.83. The zero-order chi connectivity index (χ0) is 12.3. The summed E-state index contributed by atoms with van der Waals surface area (Å²) in [7, 11) is 0. The number of likely N-dealkylation sites (tertiary alicyclic amines) is 1. The van der Waals surface area contributed by atoms with Gasteiger partial charge < -0.3 is 15.3 Å². The van der Waals surface area contributed by atoms with E-state index < -0.39 is 0 Å². The van der Waals surface area contributed by atoms with Crippen LogP contribution in [-0.2, 0) is 0 Å². The normalized spacial score (nSPS) is 25.4. The van der Waals surface area contributed by atoms with Gasteiger partial charge in [0.05, 0.1) is 6.10 Å². The van der Waals surface area contributed by atoms with E-state index in [2.05, 4.69) is 24.1 Å². The van der Waals surface area contributed by atoms with Crippen molar-refractivity contribution < 1.29 is 5.11 Å². The van der Waals surface area contributed by atoms with Crippen molar-refractivity contribution >= 4 is 0 Å². The molecule has 1 unspecified atom stereocenters. The second kappa shape index (κ2) is 6.17. The quantitative estimate of drug-likeness (QED) is 0.738. The number of hydrogen-bond acceptors (Lipinski definition) is 3. The van der Waals surface area contributed by atoms with Gasteiger partial charge in [0.15, 0.2) is 0 Å². The molecule has 2 aliphatic rings. The predicted molar refractivity (Wildman–Crippen MR) is 71.0 cm³/mol. The van der Waals surface area contributed by atoms with Gasteiger partial charge in [-0.05, 0) is 50.6 Å². The zero-order valence-electron chi connectivity index (χ0n) is 11.4. The lowest BCUT2D eigenvalue weighted by atomic mass is 10.0. The number of piperidine rings is 1. The van der Waals surface area contributed by atoms with E-state index in [1.165, 1.54) is 45.3 Å². The lowest BCUT2D eigenvalue weighted by Gasteiger charge is -2.33. The summed E-state index contributed by atoms with van der Waals surface area (Å²) >= 11 is 0. The number of nitrogens with zero attached hydrogens (tertiary/aromatic N) is 1. The molecule has 2 rings (SSSR count). The van der Waals surface area contributed by atoms with Crippen LogP contribution in [0.4, 0.5) is 0 Å². The maximum Gasteiger partial charge on any atom is 0.0687 e. The van der Waals surface area contributed by atoms with E-state index >= 15 is 0 Å². The summed E-state index contributed by atoms with van der Waals surface area (Å²) in [5, 5.41) is 13.3. The summed E-state index contributed by atoms with van der Waals surface area (Å²) in [6.07, 6.45) is 5.21. The minimum Gasteiger partial charge on any atom is -0.392 e. The van der Waals surface area contributed by atoms with Gasteiger partial charge in [-0.25, -0.2) is 0 Å². The Hall–Kier alpha value is -0.120. The Morgan fingerprint density at radius 2 is 1.82 bits per heavy atom. The van der Waals surface area contributed by atoms with Crippen LogP contribution in [0.3, 0.4) is 0 Å². The molecule has 0 aromatic rings. The Bertz CT molecular complexity index is 220. The van der Waals surface area contributed by atoms with Gasteiger partial charge in [-0.2, -0.15) is 0 Å². The SMILES string of the molecule is CC(C)C(O)CNC1CCN(CC2CC2)CC1. The molecule has 0 spiro atoms. The Balaban J connectivity index is 1.58. The lowest BCUT2D eigenvalue weighted by Crippen LogP contribution is -2.45. The number of hydrogen-bond donors (Lipinski definition) is 2. The average molecular weight is 240 g/mol. The summed E-state index contributed by atoms with van der Waals surface area (Å²) in [6, 6.07) is 0.624. The van der Waals surface area contributed by atoms with Crippen molar-refractivity contribution in [3.8, 4) is 0 Å². The topological polar surface area (TPSA) is 35.5 Å². The molecular formula is C14H28N2O. The summed E-state index contributed by atoms with van der Waals surface area (Å²) in [5.74, 6) is 1.37. The molecule has 0 aromatic heterocycles. The highest BCUT2D eigenvalue weighted by Crippen LogP contribution is 2.30. The molecule has 2 N–H and O–H groups in total. The Morgan fingerprint density at radius 3 is 2.35 bits per heavy atom. The van der Waals surface area contributed by atoms with E-state index in [1.54, 1.807) is 0 Å². The molecule has 3 nitrogen and oxygen atoms in total. The number of rotatable bonds is 6. The molecule has 0 radical (unpaired) electrons. The summed E-state index contributed by atoms with van der Waals surface area (Å²) in [6.45, 7) is 8.72. The monoisotopic (exact) mass is 240 g/mol. The van der Waals surface area contributed by atoms with E-state index in [0.29, 0.717) is 12.0 Å². The third-order valence-corrected chi connectivity index (χ3v) is 4.19. The molecule has 0 amide bonds. The van der Waals surface area contributed by atoms with Gasteiger partial charge in [0.2, 0.25) is 0 Å². The van der Waals surface area contributed by atoms with Crippen molar-refractivity contribution in [1.29, 1.82) is 0 Å². The van der Waals surface area contributed by atoms with Gasteiger partial charge in [0, 0.05) is 19.1 Å². The van der Waals surface area contributed by atoms with Crippen LogP contribution < -0.4 is 5.32 Å². The van der Waals surface area contributed by atoms with Crippen LogP contribution in [0.25, 0.3) is 0 Å². The molecule has 0 bridgehead atoms. The first-order valence-electron chi connectivity index (χ1n) is 7.29. The van der Waals surface area contributed by atoms with Crippen LogP contribution in [-0.4, -0.2) is 48.3 Å². The van der Waals surface area contributed by atoms with Crippen molar-refractivity contribution in [1.82, 2.24) is 10.2 Å². The van der Waals surface area contributed by atoms with E-state index in [4.69, 9.17) is 0 Å². The first-order chi connectivity index (χ1) is 8.15. The molecule has 3 heteroatoms. The van der Waals surface area contributed by atoms with Crippen LogP contribution in [0.5, 0.6) is 0 Å². The van der Waals surface area contributed by atoms with E-state index in [1.807, 2.05) is 0 Å². The fraction of sp³-hybridized carbons (Fsp3) is 1.00. The smallest absolute Gasteiger partial charge is 0.0687 e. The summed E-state index contributed by atoms with van der Waals surface area (Å²) in [4.78, 5) is 2.62. The number of aliphatic hydroxyl groups is 1. The molecule has 0 aromatic carbocycles. The van der Waals surface area contributed by atoms with Crippen molar-refractivity contribution in [2.24, 2.45) is 11.8 Å². The first kappa shape index (κ1) is 13.3. The van der Waals surface area contributed by atoms with Crippen LogP contribution in [0.2, 0.25) is 0 Å². The molecule has 2 fully saturated rings. The lowest BCUT2D eigenvalue weighted by molar-refractivity contribution is 0.112. The van der Waals surface area contributed by atoms with Crippen molar-refractivity contribution in [3.63, 3.8) is 0 Å². The fourth-order valence-electron chi connectivity index (χ4n) is 2.51. The minimum absolute atomic E-state index is 0.195. The van der Waals surface area contributed by atoms with Gasteiger partial charge in [-0.1, -0.05) is 13.8 Å². The fourth-order valence-corrected chi connectivity index (χ4v) is 2.51. The number of aliphatic hydroxyl groups excluding tert-OH is 1. The van der Waals surface area contributed by atoms with Crippen LogP contribution in [0, 0.1) is 11.8 Å². The Labute approximate surface area is 106 Å². The van der Waals surface area contributed by atoms with Crippen molar-refractivity contribution in [2.75, 3.05) is 26.2 Å². The largest absolute Gasteiger partial charge is 0.392 e. The van der Waals surface area contributed by atoms with Crippen molar-refractivity contribution in [3.05, 3.63) is 0 Å². The minimum atomic E-state index is -0.195. The second-order valence-corrected chi connectivity index (χ2v) is 6.24.